The second-order valence-corrected chi connectivity index (χ2v) is 5.86. The van der Waals surface area contributed by atoms with E-state index in [2.05, 4.69) is 6.07 Å². The van der Waals surface area contributed by atoms with E-state index in [9.17, 15) is 5.11 Å². The SMILES string of the molecule is COc1cc2cc3c(c(-c4ccc(O)cc4)c2cc1OC)COC3. The maximum Gasteiger partial charge on any atom is 0.161 e. The second kappa shape index (κ2) is 5.73. The van der Waals surface area contributed by atoms with Gasteiger partial charge in [0.25, 0.3) is 0 Å². The molecule has 0 spiro atoms. The number of phenolic OH excluding ortho intramolecular Hbond substituents is 1. The summed E-state index contributed by atoms with van der Waals surface area (Å²) in [5.41, 5.74) is 4.56. The number of benzene rings is 3. The van der Waals surface area contributed by atoms with Crippen molar-refractivity contribution in [1.29, 1.82) is 0 Å². The first-order valence-corrected chi connectivity index (χ1v) is 7.79. The lowest BCUT2D eigenvalue weighted by Crippen LogP contribution is -1.95. The average Bonchev–Trinajstić information content (AvgIpc) is 3.07. The minimum atomic E-state index is 0.256. The molecule has 1 heterocycles. The highest BCUT2D eigenvalue weighted by Gasteiger charge is 2.21. The standard InChI is InChI=1S/C20H18O4/c1-22-18-8-13-7-14-10-24-11-17(14)20(16(13)9-19(18)23-2)12-3-5-15(21)6-4-12/h3-9,21H,10-11H2,1-2H3. The maximum absolute atomic E-state index is 9.60. The Balaban J connectivity index is 2.07. The second-order valence-electron chi connectivity index (χ2n) is 5.86. The van der Waals surface area contributed by atoms with Gasteiger partial charge in [0.15, 0.2) is 11.5 Å². The average molecular weight is 322 g/mol. The van der Waals surface area contributed by atoms with Crippen LogP contribution < -0.4 is 9.47 Å². The van der Waals surface area contributed by atoms with Gasteiger partial charge >= 0.3 is 0 Å². The monoisotopic (exact) mass is 322 g/mol. The van der Waals surface area contributed by atoms with Crippen molar-refractivity contribution >= 4 is 10.8 Å². The molecule has 0 saturated carbocycles. The maximum atomic E-state index is 9.60. The zero-order chi connectivity index (χ0) is 16.7. The molecule has 1 N–H and O–H groups in total. The summed E-state index contributed by atoms with van der Waals surface area (Å²) in [4.78, 5) is 0. The molecule has 0 unspecified atom stereocenters. The predicted octanol–water partition coefficient (Wildman–Crippen LogP) is 4.26. The van der Waals surface area contributed by atoms with Crippen molar-refractivity contribution in [3.8, 4) is 28.4 Å². The smallest absolute Gasteiger partial charge is 0.161 e. The lowest BCUT2D eigenvalue weighted by molar-refractivity contribution is 0.134. The quantitative estimate of drug-likeness (QED) is 0.783. The molecule has 0 bridgehead atoms. The third-order valence-corrected chi connectivity index (χ3v) is 4.50. The highest BCUT2D eigenvalue weighted by atomic mass is 16.5. The first kappa shape index (κ1) is 14.8. The molecule has 4 heteroatoms. The number of phenols is 1. The van der Waals surface area contributed by atoms with Crippen molar-refractivity contribution in [2.75, 3.05) is 14.2 Å². The van der Waals surface area contributed by atoms with Crippen LogP contribution in [-0.2, 0) is 18.0 Å². The van der Waals surface area contributed by atoms with Crippen LogP contribution in [0, 0.1) is 0 Å². The molecular weight excluding hydrogens is 304 g/mol. The predicted molar refractivity (Wildman–Crippen MR) is 92.6 cm³/mol. The zero-order valence-electron chi connectivity index (χ0n) is 13.6. The Labute approximate surface area is 140 Å². The van der Waals surface area contributed by atoms with E-state index in [-0.39, 0.29) is 5.75 Å². The van der Waals surface area contributed by atoms with Crippen LogP contribution >= 0.6 is 0 Å². The van der Waals surface area contributed by atoms with Crippen molar-refractivity contribution in [2.45, 2.75) is 13.2 Å². The van der Waals surface area contributed by atoms with Crippen molar-refractivity contribution in [3.05, 3.63) is 53.6 Å². The third-order valence-electron chi connectivity index (χ3n) is 4.50. The number of fused-ring (bicyclic) bond motifs is 2. The van der Waals surface area contributed by atoms with Crippen LogP contribution in [0.2, 0.25) is 0 Å². The molecule has 3 aromatic rings. The first-order valence-electron chi connectivity index (χ1n) is 7.79. The van der Waals surface area contributed by atoms with Gasteiger partial charge in [0, 0.05) is 0 Å². The highest BCUT2D eigenvalue weighted by Crippen LogP contribution is 2.42. The van der Waals surface area contributed by atoms with E-state index in [1.165, 1.54) is 11.1 Å². The van der Waals surface area contributed by atoms with E-state index in [1.807, 2.05) is 24.3 Å². The highest BCUT2D eigenvalue weighted by molar-refractivity contribution is 6.01. The molecule has 0 amide bonds. The summed E-state index contributed by atoms with van der Waals surface area (Å²) in [6.07, 6.45) is 0. The lowest BCUT2D eigenvalue weighted by Gasteiger charge is -2.15. The molecule has 0 saturated heterocycles. The molecule has 0 aromatic heterocycles. The van der Waals surface area contributed by atoms with Crippen molar-refractivity contribution in [3.63, 3.8) is 0 Å². The molecule has 4 nitrogen and oxygen atoms in total. The van der Waals surface area contributed by atoms with Gasteiger partial charge in [0.05, 0.1) is 27.4 Å². The molecule has 1 aliphatic rings. The molecule has 0 atom stereocenters. The first-order chi connectivity index (χ1) is 11.7. The van der Waals surface area contributed by atoms with Gasteiger partial charge < -0.3 is 19.3 Å². The fourth-order valence-electron chi connectivity index (χ4n) is 3.34. The van der Waals surface area contributed by atoms with E-state index in [1.54, 1.807) is 26.4 Å². The van der Waals surface area contributed by atoms with Gasteiger partial charge in [-0.15, -0.1) is 0 Å². The van der Waals surface area contributed by atoms with Gasteiger partial charge in [-0.2, -0.15) is 0 Å². The van der Waals surface area contributed by atoms with Crippen molar-refractivity contribution in [1.82, 2.24) is 0 Å². The molecule has 0 fully saturated rings. The summed E-state index contributed by atoms with van der Waals surface area (Å²) in [5.74, 6) is 1.66. The third kappa shape index (κ3) is 2.27. The lowest BCUT2D eigenvalue weighted by atomic mass is 9.90. The minimum absolute atomic E-state index is 0.256. The largest absolute Gasteiger partial charge is 0.508 e. The number of methoxy groups -OCH3 is 2. The summed E-state index contributed by atoms with van der Waals surface area (Å²) in [5, 5.41) is 11.8. The Kier molecular flexibility index (Phi) is 3.54. The van der Waals surface area contributed by atoms with E-state index < -0.39 is 0 Å². The van der Waals surface area contributed by atoms with Crippen LogP contribution in [0.5, 0.6) is 17.2 Å². The zero-order valence-corrected chi connectivity index (χ0v) is 13.6. The van der Waals surface area contributed by atoms with Gasteiger partial charge in [0.1, 0.15) is 5.75 Å². The minimum Gasteiger partial charge on any atom is -0.508 e. The van der Waals surface area contributed by atoms with Gasteiger partial charge in [-0.25, -0.2) is 0 Å². The fourth-order valence-corrected chi connectivity index (χ4v) is 3.34. The molecule has 3 aromatic carbocycles. The van der Waals surface area contributed by atoms with Gasteiger partial charge in [-0.1, -0.05) is 12.1 Å². The Bertz CT molecular complexity index is 913. The molecule has 24 heavy (non-hydrogen) atoms. The number of hydrogen-bond donors (Lipinski definition) is 1. The van der Waals surface area contributed by atoms with Crippen molar-refractivity contribution < 1.29 is 19.3 Å². The number of rotatable bonds is 3. The summed E-state index contributed by atoms with van der Waals surface area (Å²) in [6, 6.07) is 13.4. The summed E-state index contributed by atoms with van der Waals surface area (Å²) >= 11 is 0. The fraction of sp³-hybridized carbons (Fsp3) is 0.200. The molecule has 0 aliphatic carbocycles. The molecule has 4 rings (SSSR count). The Morgan fingerprint density at radius 3 is 2.33 bits per heavy atom. The van der Waals surface area contributed by atoms with Crippen LogP contribution in [0.15, 0.2) is 42.5 Å². The Hall–Kier alpha value is -2.72. The van der Waals surface area contributed by atoms with E-state index >= 15 is 0 Å². The molecule has 122 valence electrons. The number of aromatic hydroxyl groups is 1. The number of hydrogen-bond acceptors (Lipinski definition) is 4. The van der Waals surface area contributed by atoms with Gasteiger partial charge in [0.2, 0.25) is 0 Å². The normalized spacial score (nSPS) is 13.1. The molecular formula is C20H18O4. The van der Waals surface area contributed by atoms with Crippen LogP contribution in [0.3, 0.4) is 0 Å². The summed E-state index contributed by atoms with van der Waals surface area (Å²) < 4.78 is 16.6. The van der Waals surface area contributed by atoms with Crippen molar-refractivity contribution in [2.24, 2.45) is 0 Å². The van der Waals surface area contributed by atoms with Crippen LogP contribution in [0.25, 0.3) is 21.9 Å². The summed E-state index contributed by atoms with van der Waals surface area (Å²) in [6.45, 7) is 1.21. The van der Waals surface area contributed by atoms with Gasteiger partial charge in [-0.3, -0.25) is 0 Å². The molecule has 0 radical (unpaired) electrons. The van der Waals surface area contributed by atoms with Crippen LogP contribution in [-0.4, -0.2) is 19.3 Å². The van der Waals surface area contributed by atoms with Crippen LogP contribution in [0.4, 0.5) is 0 Å². The number of ether oxygens (including phenoxy) is 3. The molecule has 1 aliphatic heterocycles. The van der Waals surface area contributed by atoms with Crippen LogP contribution in [0.1, 0.15) is 11.1 Å². The summed E-state index contributed by atoms with van der Waals surface area (Å²) in [7, 11) is 3.28. The van der Waals surface area contributed by atoms with E-state index in [0.717, 1.165) is 21.9 Å². The van der Waals surface area contributed by atoms with E-state index in [4.69, 9.17) is 14.2 Å². The van der Waals surface area contributed by atoms with Gasteiger partial charge in [-0.05, 0) is 63.4 Å². The topological polar surface area (TPSA) is 47.9 Å². The van der Waals surface area contributed by atoms with E-state index in [0.29, 0.717) is 24.7 Å². The Morgan fingerprint density at radius 1 is 0.917 bits per heavy atom. The Morgan fingerprint density at radius 2 is 1.62 bits per heavy atom.